The van der Waals surface area contributed by atoms with E-state index in [1.807, 2.05) is 0 Å². The van der Waals surface area contributed by atoms with Crippen molar-refractivity contribution in [1.82, 2.24) is 0 Å². The predicted molar refractivity (Wildman–Crippen MR) is 86.3 cm³/mol. The first kappa shape index (κ1) is 19.0. The van der Waals surface area contributed by atoms with Gasteiger partial charge >= 0.3 is 0 Å². The van der Waals surface area contributed by atoms with Gasteiger partial charge in [0, 0.05) is 11.6 Å². The van der Waals surface area contributed by atoms with Crippen LogP contribution in [0.1, 0.15) is 43.7 Å². The highest BCUT2D eigenvalue weighted by molar-refractivity contribution is 5.85. The molecule has 1 fully saturated rings. The van der Waals surface area contributed by atoms with Gasteiger partial charge in [-0.15, -0.1) is 12.4 Å². The van der Waals surface area contributed by atoms with Gasteiger partial charge < -0.3 is 20.3 Å². The number of hydrogen-bond donors (Lipinski definition) is 2. The Morgan fingerprint density at radius 3 is 2.23 bits per heavy atom. The Hall–Kier alpha value is -1.04. The summed E-state index contributed by atoms with van der Waals surface area (Å²) in [5.74, 6) is 0.398. The molecule has 2 rings (SSSR count). The van der Waals surface area contributed by atoms with Crippen molar-refractivity contribution >= 4 is 12.4 Å². The van der Waals surface area contributed by atoms with Gasteiger partial charge in [-0.3, -0.25) is 0 Å². The maximum Gasteiger partial charge on any atom is 0.163 e. The van der Waals surface area contributed by atoms with Crippen LogP contribution in [0.15, 0.2) is 12.1 Å². The molecule has 0 aliphatic heterocycles. The number of aliphatic hydroxyl groups is 1. The molecule has 0 unspecified atom stereocenters. The second-order valence-electron chi connectivity index (χ2n) is 5.64. The topological polar surface area (TPSA) is 64.7 Å². The van der Waals surface area contributed by atoms with Crippen molar-refractivity contribution in [3.63, 3.8) is 0 Å². The maximum atomic E-state index is 14.2. The zero-order valence-corrected chi connectivity index (χ0v) is 13.9. The number of benzene rings is 1. The summed E-state index contributed by atoms with van der Waals surface area (Å²) in [6.45, 7) is 0. The largest absolute Gasteiger partial charge is 0.493 e. The van der Waals surface area contributed by atoms with Crippen molar-refractivity contribution in [3.8, 4) is 11.5 Å². The zero-order chi connectivity index (χ0) is 15.4. The first-order valence-electron chi connectivity index (χ1n) is 7.43. The summed E-state index contributed by atoms with van der Waals surface area (Å²) in [5.41, 5.74) is 6.37. The van der Waals surface area contributed by atoms with Crippen LogP contribution in [0.3, 0.4) is 0 Å². The van der Waals surface area contributed by atoms with Crippen LogP contribution in [0, 0.1) is 11.7 Å². The van der Waals surface area contributed by atoms with Crippen LogP contribution in [0.25, 0.3) is 0 Å². The van der Waals surface area contributed by atoms with Gasteiger partial charge in [0.15, 0.2) is 11.5 Å². The summed E-state index contributed by atoms with van der Waals surface area (Å²) in [5, 5.41) is 10.4. The number of methoxy groups -OCH3 is 2. The molecule has 1 aliphatic carbocycles. The van der Waals surface area contributed by atoms with E-state index in [1.54, 1.807) is 0 Å². The van der Waals surface area contributed by atoms with Crippen LogP contribution < -0.4 is 15.2 Å². The van der Waals surface area contributed by atoms with Gasteiger partial charge in [-0.25, -0.2) is 4.39 Å². The Bertz CT molecular complexity index is 481. The Kier molecular flexibility index (Phi) is 7.39. The summed E-state index contributed by atoms with van der Waals surface area (Å²) in [7, 11) is 2.94. The van der Waals surface area contributed by atoms with Gasteiger partial charge in [0.1, 0.15) is 5.82 Å². The summed E-state index contributed by atoms with van der Waals surface area (Å²) >= 11 is 0. The lowest BCUT2D eigenvalue weighted by Crippen LogP contribution is -2.34. The molecule has 1 aliphatic rings. The summed E-state index contributed by atoms with van der Waals surface area (Å²) in [6, 6.07) is 2.01. The van der Waals surface area contributed by atoms with Crippen molar-refractivity contribution < 1.29 is 19.0 Å². The summed E-state index contributed by atoms with van der Waals surface area (Å²) in [6.07, 6.45) is 4.56. The fourth-order valence-corrected chi connectivity index (χ4v) is 3.08. The Balaban J connectivity index is 0.00000242. The third kappa shape index (κ3) is 4.03. The van der Waals surface area contributed by atoms with E-state index in [2.05, 4.69) is 0 Å². The van der Waals surface area contributed by atoms with Gasteiger partial charge in [-0.2, -0.15) is 0 Å². The fourth-order valence-electron chi connectivity index (χ4n) is 3.08. The molecule has 1 saturated carbocycles. The molecule has 0 saturated heterocycles. The van der Waals surface area contributed by atoms with Crippen LogP contribution in [-0.4, -0.2) is 25.4 Å². The highest BCUT2D eigenvalue weighted by atomic mass is 35.5. The molecule has 6 heteroatoms. The molecule has 0 heterocycles. The number of halogens is 2. The lowest BCUT2D eigenvalue weighted by Gasteiger charge is -2.31. The molecule has 0 amide bonds. The second-order valence-corrected chi connectivity index (χ2v) is 5.64. The second kappa shape index (κ2) is 8.56. The first-order valence-corrected chi connectivity index (χ1v) is 7.43. The van der Waals surface area contributed by atoms with E-state index in [9.17, 15) is 9.50 Å². The standard InChI is InChI=1S/C16H24FNO3.ClH/c1-20-13-8-11(12(17)9-14(13)21-2)15(18)16(19)10-6-4-3-5-7-10;/h8-10,15-16,19H,3-7,18H2,1-2H3;1H/t15-,16+;/m1./s1. The van der Waals surface area contributed by atoms with Crippen LogP contribution in [0.5, 0.6) is 11.5 Å². The molecular weight excluding hydrogens is 309 g/mol. The molecule has 0 spiro atoms. The average molecular weight is 334 g/mol. The highest BCUT2D eigenvalue weighted by Gasteiger charge is 2.30. The van der Waals surface area contributed by atoms with Crippen molar-refractivity contribution in [2.75, 3.05) is 14.2 Å². The van der Waals surface area contributed by atoms with Crippen LogP contribution in [0.4, 0.5) is 4.39 Å². The smallest absolute Gasteiger partial charge is 0.163 e. The van der Waals surface area contributed by atoms with Crippen LogP contribution in [0.2, 0.25) is 0 Å². The number of aliphatic hydroxyl groups excluding tert-OH is 1. The predicted octanol–water partition coefficient (Wildman–Crippen LogP) is 3.21. The third-order valence-electron chi connectivity index (χ3n) is 4.36. The van der Waals surface area contributed by atoms with Gasteiger partial charge in [0.05, 0.1) is 26.4 Å². The lowest BCUT2D eigenvalue weighted by molar-refractivity contribution is 0.0607. The van der Waals surface area contributed by atoms with Crippen LogP contribution >= 0.6 is 12.4 Å². The normalized spacial score (nSPS) is 18.2. The third-order valence-corrected chi connectivity index (χ3v) is 4.36. The van der Waals surface area contributed by atoms with Gasteiger partial charge in [-0.05, 0) is 24.8 Å². The van der Waals surface area contributed by atoms with Crippen LogP contribution in [-0.2, 0) is 0 Å². The molecule has 2 atom stereocenters. The Labute approximate surface area is 137 Å². The number of nitrogens with two attached hydrogens (primary N) is 1. The molecule has 126 valence electrons. The molecular formula is C16H25ClFNO3. The van der Waals surface area contributed by atoms with E-state index in [0.717, 1.165) is 25.7 Å². The van der Waals surface area contributed by atoms with Gasteiger partial charge in [0.2, 0.25) is 0 Å². The quantitative estimate of drug-likeness (QED) is 0.868. The summed E-state index contributed by atoms with van der Waals surface area (Å²) in [4.78, 5) is 0. The monoisotopic (exact) mass is 333 g/mol. The number of ether oxygens (including phenoxy) is 2. The SMILES string of the molecule is COc1cc(F)c([C@@H](N)[C@@H](O)C2CCCCC2)cc1OC.Cl. The minimum Gasteiger partial charge on any atom is -0.493 e. The van der Waals surface area contributed by atoms with Gasteiger partial charge in [0.25, 0.3) is 0 Å². The zero-order valence-electron chi connectivity index (χ0n) is 13.0. The minimum atomic E-state index is -0.757. The molecule has 1 aromatic carbocycles. The minimum absolute atomic E-state index is 0. The van der Waals surface area contributed by atoms with Crippen molar-refractivity contribution in [3.05, 3.63) is 23.5 Å². The van der Waals surface area contributed by atoms with E-state index >= 15 is 0 Å². The van der Waals surface area contributed by atoms with Gasteiger partial charge in [-0.1, -0.05) is 19.3 Å². The van der Waals surface area contributed by atoms with E-state index in [1.165, 1.54) is 32.8 Å². The lowest BCUT2D eigenvalue weighted by atomic mass is 9.81. The van der Waals surface area contributed by atoms with E-state index < -0.39 is 18.0 Å². The van der Waals surface area contributed by atoms with E-state index in [0.29, 0.717) is 11.5 Å². The Morgan fingerprint density at radius 2 is 1.68 bits per heavy atom. The average Bonchev–Trinajstić information content (AvgIpc) is 2.54. The molecule has 0 radical (unpaired) electrons. The molecule has 1 aromatic rings. The number of rotatable bonds is 5. The summed E-state index contributed by atoms with van der Waals surface area (Å²) < 4.78 is 24.4. The molecule has 22 heavy (non-hydrogen) atoms. The number of hydrogen-bond acceptors (Lipinski definition) is 4. The molecule has 0 aromatic heterocycles. The first-order chi connectivity index (χ1) is 10.1. The van der Waals surface area contributed by atoms with E-state index in [-0.39, 0.29) is 23.9 Å². The van der Waals surface area contributed by atoms with Crippen molar-refractivity contribution in [1.29, 1.82) is 0 Å². The molecule has 3 N–H and O–H groups in total. The maximum absolute atomic E-state index is 14.2. The Morgan fingerprint density at radius 1 is 1.14 bits per heavy atom. The van der Waals surface area contributed by atoms with E-state index in [4.69, 9.17) is 15.2 Å². The fraction of sp³-hybridized carbons (Fsp3) is 0.625. The molecule has 4 nitrogen and oxygen atoms in total. The van der Waals surface area contributed by atoms with Crippen molar-refractivity contribution in [2.45, 2.75) is 44.2 Å². The highest BCUT2D eigenvalue weighted by Crippen LogP contribution is 2.36. The molecule has 0 bridgehead atoms. The van der Waals surface area contributed by atoms with Crippen molar-refractivity contribution in [2.24, 2.45) is 11.7 Å².